The molecule has 0 aliphatic carbocycles. The Morgan fingerprint density at radius 1 is 1.09 bits per heavy atom. The van der Waals surface area contributed by atoms with E-state index in [2.05, 4.69) is 36.5 Å². The largest absolute Gasteiger partial charge is 0.497 e. The highest BCUT2D eigenvalue weighted by Gasteiger charge is 2.30. The summed E-state index contributed by atoms with van der Waals surface area (Å²) in [5.74, 6) is 1.64. The summed E-state index contributed by atoms with van der Waals surface area (Å²) in [6.45, 7) is 10.2. The molecule has 2 aromatic rings. The number of hydrogen-bond acceptors (Lipinski definition) is 4. The quantitative estimate of drug-likeness (QED) is 0.549. The molecule has 0 radical (unpaired) electrons. The zero-order valence-corrected chi connectivity index (χ0v) is 20.9. The Kier molecular flexibility index (Phi) is 9.63. The minimum Gasteiger partial charge on any atom is -0.497 e. The van der Waals surface area contributed by atoms with Crippen LogP contribution in [-0.4, -0.2) is 41.2 Å². The second-order valence-corrected chi connectivity index (χ2v) is 10.0. The van der Waals surface area contributed by atoms with E-state index in [1.165, 1.54) is 11.1 Å². The van der Waals surface area contributed by atoms with Gasteiger partial charge in [-0.1, -0.05) is 48.9 Å². The lowest BCUT2D eigenvalue weighted by Gasteiger charge is -2.33. The highest BCUT2D eigenvalue weighted by atomic mass is 32.2. The van der Waals surface area contributed by atoms with Crippen LogP contribution >= 0.6 is 11.8 Å². The molecule has 0 saturated carbocycles. The standard InChI is InChI=1S/C26H36N2O3S/c1-7-23(25(30)27-26(3,4)5)28(16-21-9-8-10-22(15-21)31-6)24(29)18-32-17-20-13-11-19(2)12-14-20/h8-15,23H,7,16-18H2,1-6H3,(H,27,30). The van der Waals surface area contributed by atoms with Crippen LogP contribution in [0.15, 0.2) is 48.5 Å². The molecule has 6 heteroatoms. The summed E-state index contributed by atoms with van der Waals surface area (Å²) >= 11 is 1.57. The van der Waals surface area contributed by atoms with Gasteiger partial charge in [0.05, 0.1) is 12.9 Å². The molecule has 0 bridgehead atoms. The first-order chi connectivity index (χ1) is 15.1. The Labute approximate surface area is 196 Å². The molecule has 5 nitrogen and oxygen atoms in total. The van der Waals surface area contributed by atoms with Gasteiger partial charge in [0.25, 0.3) is 0 Å². The van der Waals surface area contributed by atoms with Crippen molar-refractivity contribution >= 4 is 23.6 Å². The molecule has 0 spiro atoms. The van der Waals surface area contributed by atoms with Gasteiger partial charge in [-0.2, -0.15) is 0 Å². The van der Waals surface area contributed by atoms with Crippen LogP contribution in [0.3, 0.4) is 0 Å². The fraction of sp³-hybridized carbons (Fsp3) is 0.462. The Morgan fingerprint density at radius 3 is 2.38 bits per heavy atom. The second kappa shape index (κ2) is 12.0. The highest BCUT2D eigenvalue weighted by Crippen LogP contribution is 2.20. The number of carbonyl (C=O) groups excluding carboxylic acids is 2. The van der Waals surface area contributed by atoms with Gasteiger partial charge < -0.3 is 15.0 Å². The van der Waals surface area contributed by atoms with Crippen molar-refractivity contribution in [1.29, 1.82) is 0 Å². The van der Waals surface area contributed by atoms with Crippen LogP contribution in [0.4, 0.5) is 0 Å². The zero-order chi connectivity index (χ0) is 23.7. The molecule has 1 unspecified atom stereocenters. The molecule has 0 saturated heterocycles. The minimum atomic E-state index is -0.534. The first-order valence-corrected chi connectivity index (χ1v) is 12.2. The van der Waals surface area contributed by atoms with E-state index in [4.69, 9.17) is 4.74 Å². The lowest BCUT2D eigenvalue weighted by molar-refractivity contribution is -0.140. The van der Waals surface area contributed by atoms with Crippen molar-refractivity contribution in [2.45, 2.75) is 64.9 Å². The predicted molar refractivity (Wildman–Crippen MR) is 133 cm³/mol. The van der Waals surface area contributed by atoms with E-state index in [-0.39, 0.29) is 17.4 Å². The maximum absolute atomic E-state index is 13.3. The predicted octanol–water partition coefficient (Wildman–Crippen LogP) is 4.96. The third-order valence-corrected chi connectivity index (χ3v) is 5.97. The molecule has 0 heterocycles. The fourth-order valence-corrected chi connectivity index (χ4v) is 4.23. The molecule has 1 N–H and O–H groups in total. The zero-order valence-electron chi connectivity index (χ0n) is 20.1. The van der Waals surface area contributed by atoms with Crippen molar-refractivity contribution < 1.29 is 14.3 Å². The SMILES string of the molecule is CCC(C(=O)NC(C)(C)C)N(Cc1cccc(OC)c1)C(=O)CSCc1ccc(C)cc1. The monoisotopic (exact) mass is 456 g/mol. The van der Waals surface area contributed by atoms with Crippen molar-refractivity contribution in [2.24, 2.45) is 0 Å². The molecular weight excluding hydrogens is 420 g/mol. The third-order valence-electron chi connectivity index (χ3n) is 4.99. The number of hydrogen-bond donors (Lipinski definition) is 1. The maximum Gasteiger partial charge on any atom is 0.243 e. The van der Waals surface area contributed by atoms with Crippen molar-refractivity contribution in [3.05, 3.63) is 65.2 Å². The summed E-state index contributed by atoms with van der Waals surface area (Å²) in [5.41, 5.74) is 2.97. The van der Waals surface area contributed by atoms with Crippen LogP contribution in [0.2, 0.25) is 0 Å². The number of aryl methyl sites for hydroxylation is 1. The van der Waals surface area contributed by atoms with E-state index >= 15 is 0 Å². The van der Waals surface area contributed by atoms with Gasteiger partial charge in [-0.3, -0.25) is 9.59 Å². The Balaban J connectivity index is 2.17. The highest BCUT2D eigenvalue weighted by molar-refractivity contribution is 7.99. The summed E-state index contributed by atoms with van der Waals surface area (Å²) in [5, 5.41) is 3.04. The van der Waals surface area contributed by atoms with Gasteiger partial charge in [0.15, 0.2) is 0 Å². The van der Waals surface area contributed by atoms with Crippen LogP contribution in [0.5, 0.6) is 5.75 Å². The normalized spacial score (nSPS) is 12.2. The summed E-state index contributed by atoms with van der Waals surface area (Å²) in [6.07, 6.45) is 0.542. The fourth-order valence-electron chi connectivity index (χ4n) is 3.36. The van der Waals surface area contributed by atoms with E-state index in [9.17, 15) is 9.59 Å². The molecule has 0 fully saturated rings. The van der Waals surface area contributed by atoms with E-state index < -0.39 is 6.04 Å². The smallest absolute Gasteiger partial charge is 0.243 e. The number of ether oxygens (including phenoxy) is 1. The van der Waals surface area contributed by atoms with Crippen molar-refractivity contribution in [1.82, 2.24) is 10.2 Å². The van der Waals surface area contributed by atoms with Gasteiger partial charge in [0, 0.05) is 17.8 Å². The van der Waals surface area contributed by atoms with Crippen LogP contribution < -0.4 is 10.1 Å². The van der Waals surface area contributed by atoms with Crippen LogP contribution in [0.25, 0.3) is 0 Å². The molecular formula is C26H36N2O3S. The third kappa shape index (κ3) is 8.23. The number of benzene rings is 2. The molecule has 174 valence electrons. The summed E-state index contributed by atoms with van der Waals surface area (Å²) in [4.78, 5) is 28.1. The molecule has 2 amide bonds. The number of methoxy groups -OCH3 is 1. The number of amides is 2. The van der Waals surface area contributed by atoms with Crippen LogP contribution in [0, 0.1) is 6.92 Å². The Hall–Kier alpha value is -2.47. The summed E-state index contributed by atoms with van der Waals surface area (Å²) in [6, 6.07) is 15.4. The summed E-state index contributed by atoms with van der Waals surface area (Å²) < 4.78 is 5.33. The Morgan fingerprint density at radius 2 is 1.78 bits per heavy atom. The minimum absolute atomic E-state index is 0.0409. The molecule has 2 aromatic carbocycles. The number of carbonyl (C=O) groups is 2. The average molecular weight is 457 g/mol. The number of nitrogens with one attached hydrogen (secondary N) is 1. The van der Waals surface area contributed by atoms with Crippen molar-refractivity contribution in [2.75, 3.05) is 12.9 Å². The lowest BCUT2D eigenvalue weighted by atomic mass is 10.1. The van der Waals surface area contributed by atoms with Crippen LogP contribution in [-0.2, 0) is 21.9 Å². The lowest BCUT2D eigenvalue weighted by Crippen LogP contribution is -2.53. The Bertz CT molecular complexity index is 891. The second-order valence-electron chi connectivity index (χ2n) is 9.01. The van der Waals surface area contributed by atoms with E-state index in [0.717, 1.165) is 17.1 Å². The molecule has 0 aliphatic rings. The molecule has 2 rings (SSSR count). The first-order valence-electron chi connectivity index (χ1n) is 11.0. The van der Waals surface area contributed by atoms with Gasteiger partial charge in [-0.15, -0.1) is 11.8 Å². The number of nitrogens with zero attached hydrogens (tertiary/aromatic N) is 1. The van der Waals surface area contributed by atoms with E-state index in [0.29, 0.717) is 18.7 Å². The van der Waals surface area contributed by atoms with Crippen LogP contribution in [0.1, 0.15) is 50.8 Å². The summed E-state index contributed by atoms with van der Waals surface area (Å²) in [7, 11) is 1.62. The van der Waals surface area contributed by atoms with Gasteiger partial charge >= 0.3 is 0 Å². The van der Waals surface area contributed by atoms with Gasteiger partial charge in [0.2, 0.25) is 11.8 Å². The first kappa shape index (κ1) is 25.8. The van der Waals surface area contributed by atoms with E-state index in [1.807, 2.05) is 52.0 Å². The van der Waals surface area contributed by atoms with E-state index in [1.54, 1.807) is 23.8 Å². The number of rotatable bonds is 10. The molecule has 32 heavy (non-hydrogen) atoms. The van der Waals surface area contributed by atoms with Gasteiger partial charge in [-0.25, -0.2) is 0 Å². The molecule has 0 aliphatic heterocycles. The topological polar surface area (TPSA) is 58.6 Å². The van der Waals surface area contributed by atoms with Gasteiger partial charge in [0.1, 0.15) is 11.8 Å². The van der Waals surface area contributed by atoms with Crippen molar-refractivity contribution in [3.8, 4) is 5.75 Å². The number of thioether (sulfide) groups is 1. The van der Waals surface area contributed by atoms with Gasteiger partial charge in [-0.05, 0) is 57.4 Å². The maximum atomic E-state index is 13.3. The molecule has 0 aromatic heterocycles. The molecule has 1 atom stereocenters. The average Bonchev–Trinajstić information content (AvgIpc) is 2.73. The van der Waals surface area contributed by atoms with Crippen molar-refractivity contribution in [3.63, 3.8) is 0 Å².